The van der Waals surface area contributed by atoms with Gasteiger partial charge in [-0.25, -0.2) is 4.98 Å². The molecule has 17 heavy (non-hydrogen) atoms. The number of nitrogens with zero attached hydrogens (tertiary/aromatic N) is 2. The Morgan fingerprint density at radius 1 is 1.47 bits per heavy atom. The van der Waals surface area contributed by atoms with Crippen LogP contribution >= 0.6 is 0 Å². The molecule has 1 aliphatic heterocycles. The molecule has 4 heteroatoms. The molecule has 0 bridgehead atoms. The Balaban J connectivity index is 1.97. The Morgan fingerprint density at radius 2 is 2.41 bits per heavy atom. The first kappa shape index (κ1) is 10.5. The number of aromatic nitrogens is 2. The van der Waals surface area contributed by atoms with Crippen LogP contribution in [0.25, 0.3) is 5.65 Å². The van der Waals surface area contributed by atoms with Gasteiger partial charge in [0.05, 0.1) is 0 Å². The minimum atomic E-state index is 0.0107. The summed E-state index contributed by atoms with van der Waals surface area (Å²) in [6.07, 6.45) is 3.83. The van der Waals surface area contributed by atoms with E-state index in [4.69, 9.17) is 0 Å². The molecule has 0 saturated carbocycles. The summed E-state index contributed by atoms with van der Waals surface area (Å²) >= 11 is 0. The van der Waals surface area contributed by atoms with Crippen LogP contribution in [0.15, 0.2) is 35.3 Å². The molecule has 1 fully saturated rings. The zero-order valence-corrected chi connectivity index (χ0v) is 9.60. The molecule has 0 radical (unpaired) electrons. The van der Waals surface area contributed by atoms with Crippen molar-refractivity contribution in [1.82, 2.24) is 14.7 Å². The lowest BCUT2D eigenvalue weighted by Crippen LogP contribution is -2.17. The van der Waals surface area contributed by atoms with Crippen LogP contribution in [0.1, 0.15) is 12.1 Å². The van der Waals surface area contributed by atoms with Crippen LogP contribution in [0.4, 0.5) is 0 Å². The van der Waals surface area contributed by atoms with Crippen molar-refractivity contribution >= 4 is 5.65 Å². The highest BCUT2D eigenvalue weighted by molar-refractivity contribution is 5.38. The molecule has 88 valence electrons. The van der Waals surface area contributed by atoms with Crippen molar-refractivity contribution in [3.05, 3.63) is 46.5 Å². The lowest BCUT2D eigenvalue weighted by atomic mass is 10.0. The largest absolute Gasteiger partial charge is 0.316 e. The van der Waals surface area contributed by atoms with Gasteiger partial charge in [0.2, 0.25) is 0 Å². The Morgan fingerprint density at radius 3 is 3.24 bits per heavy atom. The second kappa shape index (κ2) is 4.30. The zero-order chi connectivity index (χ0) is 11.7. The molecule has 1 unspecified atom stereocenters. The summed E-state index contributed by atoms with van der Waals surface area (Å²) in [4.78, 5) is 16.4. The van der Waals surface area contributed by atoms with Crippen molar-refractivity contribution in [2.45, 2.75) is 12.8 Å². The van der Waals surface area contributed by atoms with Gasteiger partial charge in [-0.05, 0) is 44.0 Å². The molecular formula is C13H15N3O. The average Bonchev–Trinajstić information content (AvgIpc) is 2.82. The van der Waals surface area contributed by atoms with E-state index in [1.807, 2.05) is 18.2 Å². The number of pyridine rings is 1. The van der Waals surface area contributed by atoms with Gasteiger partial charge < -0.3 is 5.32 Å². The Labute approximate surface area is 99.3 Å². The van der Waals surface area contributed by atoms with Crippen LogP contribution in [-0.4, -0.2) is 22.5 Å². The third kappa shape index (κ3) is 2.08. The van der Waals surface area contributed by atoms with Crippen LogP contribution in [0.5, 0.6) is 0 Å². The normalized spacial score (nSPS) is 19.9. The summed E-state index contributed by atoms with van der Waals surface area (Å²) in [6.45, 7) is 2.12. The molecule has 1 N–H and O–H groups in total. The van der Waals surface area contributed by atoms with Gasteiger partial charge in [0.15, 0.2) is 0 Å². The van der Waals surface area contributed by atoms with E-state index in [0.717, 1.165) is 30.9 Å². The summed E-state index contributed by atoms with van der Waals surface area (Å²) in [5.74, 6) is 0.619. The van der Waals surface area contributed by atoms with E-state index in [2.05, 4.69) is 10.3 Å². The second-order valence-corrected chi connectivity index (χ2v) is 4.58. The van der Waals surface area contributed by atoms with Gasteiger partial charge in [-0.3, -0.25) is 9.20 Å². The predicted octanol–water partition coefficient (Wildman–Crippen LogP) is 0.846. The first-order valence-electron chi connectivity index (χ1n) is 6.01. The molecule has 4 nitrogen and oxygen atoms in total. The van der Waals surface area contributed by atoms with E-state index in [0.29, 0.717) is 5.92 Å². The van der Waals surface area contributed by atoms with E-state index >= 15 is 0 Å². The molecule has 0 spiro atoms. The quantitative estimate of drug-likeness (QED) is 0.830. The third-order valence-electron chi connectivity index (χ3n) is 3.28. The summed E-state index contributed by atoms with van der Waals surface area (Å²) in [6, 6.07) is 7.28. The molecule has 2 aromatic heterocycles. The van der Waals surface area contributed by atoms with Crippen molar-refractivity contribution in [2.75, 3.05) is 13.1 Å². The SMILES string of the molecule is O=c1cc(CC2CCNC2)nc2ccccn12. The highest BCUT2D eigenvalue weighted by Gasteiger charge is 2.16. The minimum Gasteiger partial charge on any atom is -0.316 e. The summed E-state index contributed by atoms with van der Waals surface area (Å²) < 4.78 is 1.58. The highest BCUT2D eigenvalue weighted by Crippen LogP contribution is 2.13. The molecule has 0 aromatic carbocycles. The molecule has 0 amide bonds. The van der Waals surface area contributed by atoms with E-state index in [9.17, 15) is 4.79 Å². The van der Waals surface area contributed by atoms with Crippen molar-refractivity contribution in [1.29, 1.82) is 0 Å². The summed E-state index contributed by atoms with van der Waals surface area (Å²) in [5, 5.41) is 3.33. The summed E-state index contributed by atoms with van der Waals surface area (Å²) in [7, 11) is 0. The first-order valence-corrected chi connectivity index (χ1v) is 6.01. The van der Waals surface area contributed by atoms with Crippen molar-refractivity contribution in [3.63, 3.8) is 0 Å². The van der Waals surface area contributed by atoms with E-state index < -0.39 is 0 Å². The number of fused-ring (bicyclic) bond motifs is 1. The molecule has 1 aliphatic rings. The van der Waals surface area contributed by atoms with Crippen molar-refractivity contribution < 1.29 is 0 Å². The van der Waals surface area contributed by atoms with Gasteiger partial charge >= 0.3 is 0 Å². The predicted molar refractivity (Wildman–Crippen MR) is 66.1 cm³/mol. The molecule has 3 heterocycles. The van der Waals surface area contributed by atoms with Gasteiger partial charge in [0.1, 0.15) is 5.65 Å². The lowest BCUT2D eigenvalue weighted by Gasteiger charge is -2.08. The number of nitrogens with one attached hydrogen (secondary N) is 1. The van der Waals surface area contributed by atoms with Crippen LogP contribution in [-0.2, 0) is 6.42 Å². The standard InChI is InChI=1S/C13H15N3O/c17-13-8-11(7-10-4-5-14-9-10)15-12-3-1-2-6-16(12)13/h1-3,6,8,10,14H,4-5,7,9H2. The topological polar surface area (TPSA) is 46.4 Å². The van der Waals surface area contributed by atoms with E-state index in [1.165, 1.54) is 6.42 Å². The van der Waals surface area contributed by atoms with Crippen LogP contribution in [0, 0.1) is 5.92 Å². The Kier molecular flexibility index (Phi) is 2.65. The highest BCUT2D eigenvalue weighted by atomic mass is 16.1. The minimum absolute atomic E-state index is 0.0107. The lowest BCUT2D eigenvalue weighted by molar-refractivity contribution is 0.571. The molecule has 3 rings (SSSR count). The average molecular weight is 229 g/mol. The fourth-order valence-electron chi connectivity index (χ4n) is 2.39. The number of hydrogen-bond donors (Lipinski definition) is 1. The molecule has 1 atom stereocenters. The number of hydrogen-bond acceptors (Lipinski definition) is 3. The van der Waals surface area contributed by atoms with Crippen molar-refractivity contribution in [2.24, 2.45) is 5.92 Å². The number of rotatable bonds is 2. The second-order valence-electron chi connectivity index (χ2n) is 4.58. The molecule has 1 saturated heterocycles. The molecule has 2 aromatic rings. The van der Waals surface area contributed by atoms with Crippen molar-refractivity contribution in [3.8, 4) is 0 Å². The van der Waals surface area contributed by atoms with Crippen LogP contribution in [0.3, 0.4) is 0 Å². The molecule has 0 aliphatic carbocycles. The van der Waals surface area contributed by atoms with E-state index in [-0.39, 0.29) is 5.56 Å². The molecular weight excluding hydrogens is 214 g/mol. The van der Waals surface area contributed by atoms with Gasteiger partial charge in [-0.2, -0.15) is 0 Å². The van der Waals surface area contributed by atoms with Gasteiger partial charge in [-0.15, -0.1) is 0 Å². The first-order chi connectivity index (χ1) is 8.33. The van der Waals surface area contributed by atoms with Gasteiger partial charge in [-0.1, -0.05) is 6.07 Å². The Hall–Kier alpha value is -1.68. The maximum absolute atomic E-state index is 11.9. The summed E-state index contributed by atoms with van der Waals surface area (Å²) in [5.41, 5.74) is 1.66. The van der Waals surface area contributed by atoms with Gasteiger partial charge in [0.25, 0.3) is 5.56 Å². The third-order valence-corrected chi connectivity index (χ3v) is 3.28. The maximum atomic E-state index is 11.9. The Bertz CT molecular complexity index is 584. The smallest absolute Gasteiger partial charge is 0.258 e. The monoisotopic (exact) mass is 229 g/mol. The fourth-order valence-corrected chi connectivity index (χ4v) is 2.39. The van der Waals surface area contributed by atoms with Crippen LogP contribution in [0.2, 0.25) is 0 Å². The zero-order valence-electron chi connectivity index (χ0n) is 9.60. The fraction of sp³-hybridized carbons (Fsp3) is 0.385. The van der Waals surface area contributed by atoms with Crippen LogP contribution < -0.4 is 10.9 Å². The van der Waals surface area contributed by atoms with Gasteiger partial charge in [0, 0.05) is 18.0 Å². The van der Waals surface area contributed by atoms with E-state index in [1.54, 1.807) is 16.7 Å². The maximum Gasteiger partial charge on any atom is 0.258 e.